The Hall–Kier alpha value is -1.84. The Balaban J connectivity index is 2.15. The summed E-state index contributed by atoms with van der Waals surface area (Å²) >= 11 is 0. The molecule has 4 nitrogen and oxygen atoms in total. The molecule has 0 radical (unpaired) electrons. The van der Waals surface area contributed by atoms with E-state index in [0.717, 1.165) is 24.0 Å². The lowest BCUT2D eigenvalue weighted by atomic mass is 10.1. The van der Waals surface area contributed by atoms with Gasteiger partial charge in [0.1, 0.15) is 5.75 Å². The van der Waals surface area contributed by atoms with Crippen molar-refractivity contribution in [1.82, 2.24) is 0 Å². The maximum Gasteiger partial charge on any atom is 0.311 e. The van der Waals surface area contributed by atoms with E-state index >= 15 is 0 Å². The number of carbonyl (C=O) groups is 2. The topological polar surface area (TPSA) is 52.6 Å². The maximum absolute atomic E-state index is 12.0. The summed E-state index contributed by atoms with van der Waals surface area (Å²) in [6.07, 6.45) is 9.19. The highest BCUT2D eigenvalue weighted by Crippen LogP contribution is 2.21. The zero-order valence-corrected chi connectivity index (χ0v) is 17.5. The second-order valence-corrected chi connectivity index (χ2v) is 7.38. The molecule has 0 aliphatic carbocycles. The van der Waals surface area contributed by atoms with Gasteiger partial charge < -0.3 is 9.47 Å². The number of unbranched alkanes of at least 4 members (excludes halogenated alkanes) is 5. The van der Waals surface area contributed by atoms with Gasteiger partial charge in [0, 0.05) is 12.8 Å². The van der Waals surface area contributed by atoms with Crippen molar-refractivity contribution in [3.63, 3.8) is 0 Å². The summed E-state index contributed by atoms with van der Waals surface area (Å²) in [7, 11) is 0. The number of carbonyl (C=O) groups excluding carboxylic acids is 2. The van der Waals surface area contributed by atoms with E-state index in [-0.39, 0.29) is 30.9 Å². The van der Waals surface area contributed by atoms with Crippen molar-refractivity contribution in [3.05, 3.63) is 29.3 Å². The minimum absolute atomic E-state index is 0.0504. The number of benzene rings is 1. The van der Waals surface area contributed by atoms with Crippen LogP contribution in [0.25, 0.3) is 0 Å². The zero-order valence-electron chi connectivity index (χ0n) is 17.5. The summed E-state index contributed by atoms with van der Waals surface area (Å²) in [6.45, 7) is 8.07. The van der Waals surface area contributed by atoms with E-state index in [4.69, 9.17) is 9.47 Å². The first-order valence-electron chi connectivity index (χ1n) is 10.4. The van der Waals surface area contributed by atoms with Crippen LogP contribution < -0.4 is 4.74 Å². The molecule has 0 heterocycles. The highest BCUT2D eigenvalue weighted by atomic mass is 16.5. The fraction of sp³-hybridized carbons (Fsp3) is 0.652. The quantitative estimate of drug-likeness (QED) is 0.238. The van der Waals surface area contributed by atoms with E-state index < -0.39 is 0 Å². The Labute approximate surface area is 164 Å². The van der Waals surface area contributed by atoms with Gasteiger partial charge in [0.2, 0.25) is 0 Å². The maximum atomic E-state index is 12.0. The number of hydrogen-bond donors (Lipinski definition) is 0. The third-order valence-corrected chi connectivity index (χ3v) is 4.84. The summed E-state index contributed by atoms with van der Waals surface area (Å²) in [6, 6.07) is 5.64. The molecule has 1 aromatic carbocycles. The molecule has 0 N–H and O–H groups in total. The normalized spacial score (nSPS) is 11.9. The van der Waals surface area contributed by atoms with E-state index in [0.29, 0.717) is 12.2 Å². The molecule has 0 saturated heterocycles. The monoisotopic (exact) mass is 376 g/mol. The van der Waals surface area contributed by atoms with Crippen LogP contribution in [-0.2, 0) is 14.3 Å². The highest BCUT2D eigenvalue weighted by molar-refractivity contribution is 5.74. The second-order valence-electron chi connectivity index (χ2n) is 7.38. The van der Waals surface area contributed by atoms with Gasteiger partial charge in [-0.2, -0.15) is 0 Å². The molecule has 0 spiro atoms. The molecule has 0 saturated carbocycles. The highest BCUT2D eigenvalue weighted by Gasteiger charge is 2.12. The average molecular weight is 377 g/mol. The van der Waals surface area contributed by atoms with Gasteiger partial charge in [0.05, 0.1) is 6.10 Å². The van der Waals surface area contributed by atoms with Crippen LogP contribution in [0.4, 0.5) is 0 Å². The van der Waals surface area contributed by atoms with Crippen LogP contribution in [0.5, 0.6) is 5.75 Å². The molecule has 4 heteroatoms. The second kappa shape index (κ2) is 13.3. The molecule has 1 rings (SSSR count). The van der Waals surface area contributed by atoms with Crippen molar-refractivity contribution >= 4 is 11.9 Å². The van der Waals surface area contributed by atoms with Crippen LogP contribution >= 0.6 is 0 Å². The lowest BCUT2D eigenvalue weighted by Crippen LogP contribution is -2.15. The standard InChI is InChI=1S/C23H36O4/c1-5-6-7-8-9-10-14-19(3)26-22(24)16-12-17-23(25)27-21-15-11-13-18(2)20(21)4/h11,13,15,19H,5-10,12,14,16-17H2,1-4H3. The van der Waals surface area contributed by atoms with Crippen LogP contribution in [0.15, 0.2) is 18.2 Å². The fourth-order valence-electron chi connectivity index (χ4n) is 2.94. The van der Waals surface area contributed by atoms with Crippen molar-refractivity contribution in [2.45, 2.75) is 98.0 Å². The molecule has 1 atom stereocenters. The Kier molecular flexibility index (Phi) is 11.5. The molecular formula is C23H36O4. The average Bonchev–Trinajstić information content (AvgIpc) is 2.62. The molecule has 0 aliphatic heterocycles. The fourth-order valence-corrected chi connectivity index (χ4v) is 2.94. The van der Waals surface area contributed by atoms with Gasteiger partial charge >= 0.3 is 11.9 Å². The lowest BCUT2D eigenvalue weighted by molar-refractivity contribution is -0.148. The number of esters is 2. The van der Waals surface area contributed by atoms with Crippen LogP contribution in [0.3, 0.4) is 0 Å². The van der Waals surface area contributed by atoms with E-state index in [9.17, 15) is 9.59 Å². The summed E-state index contributed by atoms with van der Waals surface area (Å²) in [5.74, 6) is 0.0554. The molecule has 0 fully saturated rings. The van der Waals surface area contributed by atoms with E-state index in [1.165, 1.54) is 32.1 Å². The van der Waals surface area contributed by atoms with Gasteiger partial charge in [-0.05, 0) is 57.2 Å². The smallest absolute Gasteiger partial charge is 0.311 e. The van der Waals surface area contributed by atoms with Crippen LogP contribution in [0.1, 0.15) is 89.2 Å². The predicted molar refractivity (Wildman–Crippen MR) is 109 cm³/mol. The van der Waals surface area contributed by atoms with Gasteiger partial charge in [-0.25, -0.2) is 0 Å². The molecule has 1 unspecified atom stereocenters. The van der Waals surface area contributed by atoms with Crippen molar-refractivity contribution in [2.75, 3.05) is 0 Å². The molecule has 0 bridgehead atoms. The van der Waals surface area contributed by atoms with Crippen molar-refractivity contribution in [1.29, 1.82) is 0 Å². The third kappa shape index (κ3) is 10.2. The molecule has 0 amide bonds. The molecule has 152 valence electrons. The SMILES string of the molecule is CCCCCCCCC(C)OC(=O)CCCC(=O)Oc1cccc(C)c1C. The molecular weight excluding hydrogens is 340 g/mol. The van der Waals surface area contributed by atoms with Gasteiger partial charge in [-0.15, -0.1) is 0 Å². The van der Waals surface area contributed by atoms with Crippen molar-refractivity contribution < 1.29 is 19.1 Å². The molecule has 0 aromatic heterocycles. The van der Waals surface area contributed by atoms with Crippen LogP contribution in [0.2, 0.25) is 0 Å². The van der Waals surface area contributed by atoms with Crippen molar-refractivity contribution in [3.8, 4) is 5.75 Å². The van der Waals surface area contributed by atoms with E-state index in [2.05, 4.69) is 6.92 Å². The largest absolute Gasteiger partial charge is 0.463 e. The number of hydrogen-bond acceptors (Lipinski definition) is 4. The summed E-state index contributed by atoms with van der Waals surface area (Å²) in [5, 5.41) is 0. The molecule has 1 aromatic rings. The number of rotatable bonds is 13. The first-order valence-corrected chi connectivity index (χ1v) is 10.4. The minimum atomic E-state index is -0.309. The van der Waals surface area contributed by atoms with E-state index in [1.807, 2.05) is 32.9 Å². The first-order chi connectivity index (χ1) is 12.9. The van der Waals surface area contributed by atoms with E-state index in [1.54, 1.807) is 6.07 Å². The number of ether oxygens (including phenoxy) is 2. The summed E-state index contributed by atoms with van der Waals surface area (Å²) in [5.41, 5.74) is 2.05. The van der Waals surface area contributed by atoms with Crippen molar-refractivity contribution in [2.24, 2.45) is 0 Å². The number of aryl methyl sites for hydroxylation is 1. The minimum Gasteiger partial charge on any atom is -0.463 e. The van der Waals surface area contributed by atoms with Gasteiger partial charge in [0.25, 0.3) is 0 Å². The lowest BCUT2D eigenvalue weighted by Gasteiger charge is -2.13. The zero-order chi connectivity index (χ0) is 20.1. The Morgan fingerprint density at radius 2 is 1.59 bits per heavy atom. The van der Waals surface area contributed by atoms with Gasteiger partial charge in [0.15, 0.2) is 0 Å². The van der Waals surface area contributed by atoms with Gasteiger partial charge in [-0.3, -0.25) is 9.59 Å². The Morgan fingerprint density at radius 3 is 2.33 bits per heavy atom. The Bertz CT molecular complexity index is 580. The van der Waals surface area contributed by atoms with Crippen LogP contribution in [0, 0.1) is 13.8 Å². The summed E-state index contributed by atoms with van der Waals surface area (Å²) < 4.78 is 10.8. The first kappa shape index (κ1) is 23.2. The molecule has 0 aliphatic rings. The Morgan fingerprint density at radius 1 is 0.926 bits per heavy atom. The molecule has 27 heavy (non-hydrogen) atoms. The summed E-state index contributed by atoms with van der Waals surface area (Å²) in [4.78, 5) is 23.8. The van der Waals surface area contributed by atoms with Crippen LogP contribution in [-0.4, -0.2) is 18.0 Å². The predicted octanol–water partition coefficient (Wildman–Crippen LogP) is 6.06. The van der Waals surface area contributed by atoms with Gasteiger partial charge in [-0.1, -0.05) is 51.2 Å². The third-order valence-electron chi connectivity index (χ3n) is 4.84.